The Morgan fingerprint density at radius 2 is 1.81 bits per heavy atom. The third kappa shape index (κ3) is 5.50. The fourth-order valence-corrected chi connectivity index (χ4v) is 4.78. The summed E-state index contributed by atoms with van der Waals surface area (Å²) in [4.78, 5) is 25.9. The first-order chi connectivity index (χ1) is 15.2. The maximum atomic E-state index is 14.3. The van der Waals surface area contributed by atoms with E-state index >= 15 is 0 Å². The number of halogens is 1. The minimum atomic E-state index is -4.15. The number of hydrogen-bond donors (Lipinski definition) is 0. The molecule has 1 amide bonds. The van der Waals surface area contributed by atoms with E-state index in [0.29, 0.717) is 6.54 Å². The summed E-state index contributed by atoms with van der Waals surface area (Å²) in [6, 6.07) is 12.3. The van der Waals surface area contributed by atoms with Gasteiger partial charge in [-0.05, 0) is 30.7 Å². The third-order valence-corrected chi connectivity index (χ3v) is 6.94. The van der Waals surface area contributed by atoms with Gasteiger partial charge in [-0.3, -0.25) is 4.79 Å². The number of ether oxygens (including phenoxy) is 2. The zero-order valence-corrected chi connectivity index (χ0v) is 18.7. The van der Waals surface area contributed by atoms with Crippen molar-refractivity contribution in [2.45, 2.75) is 24.5 Å². The number of esters is 1. The van der Waals surface area contributed by atoms with Crippen LogP contribution in [0.4, 0.5) is 4.39 Å². The van der Waals surface area contributed by atoms with Gasteiger partial charge < -0.3 is 14.4 Å². The van der Waals surface area contributed by atoms with Gasteiger partial charge in [0.1, 0.15) is 10.7 Å². The van der Waals surface area contributed by atoms with Crippen molar-refractivity contribution in [2.24, 2.45) is 0 Å². The molecule has 32 heavy (non-hydrogen) atoms. The number of hydrogen-bond acceptors (Lipinski definition) is 6. The van der Waals surface area contributed by atoms with Crippen LogP contribution in [0, 0.1) is 5.82 Å². The highest BCUT2D eigenvalue weighted by molar-refractivity contribution is 7.89. The fourth-order valence-electron chi connectivity index (χ4n) is 3.28. The molecule has 0 aliphatic carbocycles. The lowest BCUT2D eigenvalue weighted by Crippen LogP contribution is -2.41. The maximum Gasteiger partial charge on any atom is 0.338 e. The fraction of sp³-hybridized carbons (Fsp3) is 0.364. The van der Waals surface area contributed by atoms with Crippen molar-refractivity contribution in [3.63, 3.8) is 0 Å². The average molecular weight is 465 g/mol. The lowest BCUT2D eigenvalue weighted by atomic mass is 10.2. The Labute approximate surface area is 186 Å². The molecule has 2 aromatic carbocycles. The zero-order chi connectivity index (χ0) is 23.3. The van der Waals surface area contributed by atoms with E-state index in [1.165, 1.54) is 11.8 Å². The molecule has 1 aliphatic rings. The SMILES string of the molecule is CC(OC(=O)c1ccc(F)c(S(=O)(=O)N2CCOCC2)c1)C(=O)N(C)Cc1ccccc1. The number of rotatable bonds is 7. The van der Waals surface area contributed by atoms with Crippen molar-refractivity contribution < 1.29 is 31.9 Å². The van der Waals surface area contributed by atoms with E-state index < -0.39 is 38.7 Å². The van der Waals surface area contributed by atoms with Gasteiger partial charge in [-0.15, -0.1) is 0 Å². The first kappa shape index (κ1) is 23.8. The molecule has 8 nitrogen and oxygen atoms in total. The molecular formula is C22H25FN2O6S. The van der Waals surface area contributed by atoms with Crippen LogP contribution in [0.15, 0.2) is 53.4 Å². The molecule has 1 unspecified atom stereocenters. The van der Waals surface area contributed by atoms with Crippen LogP contribution in [0.2, 0.25) is 0 Å². The number of morpholine rings is 1. The van der Waals surface area contributed by atoms with Crippen LogP contribution in [0.25, 0.3) is 0 Å². The summed E-state index contributed by atoms with van der Waals surface area (Å²) in [7, 11) is -2.56. The molecule has 0 bridgehead atoms. The van der Waals surface area contributed by atoms with Crippen LogP contribution in [-0.2, 0) is 30.8 Å². The molecular weight excluding hydrogens is 439 g/mol. The smallest absolute Gasteiger partial charge is 0.338 e. The van der Waals surface area contributed by atoms with Gasteiger partial charge in [0.05, 0.1) is 18.8 Å². The van der Waals surface area contributed by atoms with Crippen molar-refractivity contribution >= 4 is 21.9 Å². The number of amides is 1. The van der Waals surface area contributed by atoms with E-state index in [2.05, 4.69) is 0 Å². The molecule has 3 rings (SSSR count). The van der Waals surface area contributed by atoms with Crippen molar-refractivity contribution in [3.8, 4) is 0 Å². The topological polar surface area (TPSA) is 93.2 Å². The van der Waals surface area contributed by atoms with E-state index in [1.54, 1.807) is 7.05 Å². The number of nitrogens with zero attached hydrogens (tertiary/aromatic N) is 2. The molecule has 1 fully saturated rings. The monoisotopic (exact) mass is 464 g/mol. The molecule has 2 aromatic rings. The van der Waals surface area contributed by atoms with Gasteiger partial charge in [-0.2, -0.15) is 4.31 Å². The van der Waals surface area contributed by atoms with Crippen molar-refractivity contribution in [1.82, 2.24) is 9.21 Å². The molecule has 1 atom stereocenters. The van der Waals surface area contributed by atoms with E-state index in [9.17, 15) is 22.4 Å². The average Bonchev–Trinajstić information content (AvgIpc) is 2.79. The van der Waals surface area contributed by atoms with Gasteiger partial charge in [-0.1, -0.05) is 30.3 Å². The third-order valence-electron chi connectivity index (χ3n) is 5.03. The molecule has 1 saturated heterocycles. The number of carbonyl (C=O) groups is 2. The summed E-state index contributed by atoms with van der Waals surface area (Å²) < 4.78 is 51.4. The standard InChI is InChI=1S/C22H25FN2O6S/c1-16(21(26)24(2)15-17-6-4-3-5-7-17)31-22(27)18-8-9-19(23)20(14-18)32(28,29)25-10-12-30-13-11-25/h3-9,14,16H,10-13,15H2,1-2H3. The van der Waals surface area contributed by atoms with Crippen molar-refractivity contribution in [3.05, 3.63) is 65.5 Å². The quantitative estimate of drug-likeness (QED) is 0.583. The van der Waals surface area contributed by atoms with Crippen molar-refractivity contribution in [1.29, 1.82) is 0 Å². The predicted molar refractivity (Wildman–Crippen MR) is 114 cm³/mol. The highest BCUT2D eigenvalue weighted by atomic mass is 32.2. The van der Waals surface area contributed by atoms with Crippen LogP contribution in [0.5, 0.6) is 0 Å². The summed E-state index contributed by atoms with van der Waals surface area (Å²) >= 11 is 0. The molecule has 1 heterocycles. The van der Waals surface area contributed by atoms with E-state index in [-0.39, 0.29) is 31.9 Å². The first-order valence-corrected chi connectivity index (χ1v) is 11.5. The Balaban J connectivity index is 1.70. The largest absolute Gasteiger partial charge is 0.449 e. The normalized spacial score (nSPS) is 15.7. The lowest BCUT2D eigenvalue weighted by molar-refractivity contribution is -0.139. The van der Waals surface area contributed by atoms with Gasteiger partial charge in [-0.25, -0.2) is 17.6 Å². The zero-order valence-electron chi connectivity index (χ0n) is 17.9. The Morgan fingerprint density at radius 1 is 1.16 bits per heavy atom. The highest BCUT2D eigenvalue weighted by Gasteiger charge is 2.30. The van der Waals surface area contributed by atoms with Crippen LogP contribution >= 0.6 is 0 Å². The summed E-state index contributed by atoms with van der Waals surface area (Å²) in [5.74, 6) is -2.32. The van der Waals surface area contributed by atoms with Crippen LogP contribution in [0.3, 0.4) is 0 Å². The van der Waals surface area contributed by atoms with E-state index in [0.717, 1.165) is 28.1 Å². The second kappa shape index (κ2) is 10.2. The lowest BCUT2D eigenvalue weighted by Gasteiger charge is -2.26. The molecule has 0 spiro atoms. The van der Waals surface area contributed by atoms with Gasteiger partial charge >= 0.3 is 5.97 Å². The van der Waals surface area contributed by atoms with E-state index in [4.69, 9.17) is 9.47 Å². The molecule has 10 heteroatoms. The van der Waals surface area contributed by atoms with Crippen LogP contribution < -0.4 is 0 Å². The van der Waals surface area contributed by atoms with Crippen LogP contribution in [0.1, 0.15) is 22.8 Å². The van der Waals surface area contributed by atoms with E-state index in [1.807, 2.05) is 30.3 Å². The summed E-state index contributed by atoms with van der Waals surface area (Å²) in [6.07, 6.45) is -1.11. The Morgan fingerprint density at radius 3 is 2.47 bits per heavy atom. The second-order valence-corrected chi connectivity index (χ2v) is 9.30. The van der Waals surface area contributed by atoms with Gasteiger partial charge in [0, 0.05) is 26.7 Å². The second-order valence-electron chi connectivity index (χ2n) is 7.39. The van der Waals surface area contributed by atoms with Crippen molar-refractivity contribution in [2.75, 3.05) is 33.4 Å². The molecule has 0 saturated carbocycles. The molecule has 172 valence electrons. The first-order valence-electron chi connectivity index (χ1n) is 10.1. The van der Waals surface area contributed by atoms with Gasteiger partial charge in [0.2, 0.25) is 10.0 Å². The van der Waals surface area contributed by atoms with Gasteiger partial charge in [0.15, 0.2) is 6.10 Å². The number of sulfonamides is 1. The van der Waals surface area contributed by atoms with Gasteiger partial charge in [0.25, 0.3) is 5.91 Å². The molecule has 0 N–H and O–H groups in total. The Bertz CT molecular complexity index is 1070. The summed E-state index contributed by atoms with van der Waals surface area (Å²) in [5.41, 5.74) is 0.752. The molecule has 0 radical (unpaired) electrons. The Hall–Kier alpha value is -2.82. The molecule has 0 aromatic heterocycles. The maximum absolute atomic E-state index is 14.3. The highest BCUT2D eigenvalue weighted by Crippen LogP contribution is 2.22. The Kier molecular flexibility index (Phi) is 7.60. The van der Waals surface area contributed by atoms with Crippen LogP contribution in [-0.4, -0.2) is 69.0 Å². The summed E-state index contributed by atoms with van der Waals surface area (Å²) in [6.45, 7) is 2.36. The minimum Gasteiger partial charge on any atom is -0.449 e. The number of likely N-dealkylation sites (N-methyl/N-ethyl adjacent to an activating group) is 1. The number of carbonyl (C=O) groups excluding carboxylic acids is 2. The predicted octanol–water partition coefficient (Wildman–Crippen LogP) is 2.05. The number of benzene rings is 2. The minimum absolute atomic E-state index is 0.0930. The molecule has 1 aliphatic heterocycles. The summed E-state index contributed by atoms with van der Waals surface area (Å²) in [5, 5.41) is 0.